The fourth-order valence-corrected chi connectivity index (χ4v) is 4.10. The monoisotopic (exact) mass is 401 g/mol. The average molecular weight is 402 g/mol. The molecule has 2 heterocycles. The van der Waals surface area contributed by atoms with E-state index in [0.29, 0.717) is 16.5 Å². The van der Waals surface area contributed by atoms with Crippen LogP contribution in [0.25, 0.3) is 0 Å². The molecule has 1 aromatic heterocycles. The number of aliphatic hydroxyl groups excluding tert-OH is 1. The fourth-order valence-electron chi connectivity index (χ4n) is 2.28. The minimum atomic E-state index is -0.590. The smallest absolute Gasteiger partial charge is 0.206 e. The first-order valence-corrected chi connectivity index (χ1v) is 10.3. The van der Waals surface area contributed by atoms with Gasteiger partial charge < -0.3 is 19.9 Å². The van der Waals surface area contributed by atoms with Crippen LogP contribution in [0.5, 0.6) is 5.75 Å². The number of anilines is 1. The summed E-state index contributed by atoms with van der Waals surface area (Å²) >= 11 is 8.77. The van der Waals surface area contributed by atoms with Crippen molar-refractivity contribution in [1.29, 1.82) is 0 Å². The van der Waals surface area contributed by atoms with E-state index in [9.17, 15) is 5.11 Å². The highest BCUT2D eigenvalue weighted by atomic mass is 35.5. The third-order valence-electron chi connectivity index (χ3n) is 3.57. The van der Waals surface area contributed by atoms with Crippen LogP contribution in [0, 0.1) is 0 Å². The first-order chi connectivity index (χ1) is 12.2. The molecule has 2 aromatic rings. The molecule has 0 saturated carbocycles. The normalized spacial score (nSPS) is 18.2. The van der Waals surface area contributed by atoms with Gasteiger partial charge in [0.05, 0.1) is 12.2 Å². The molecule has 0 spiro atoms. The zero-order valence-electron chi connectivity index (χ0n) is 13.6. The summed E-state index contributed by atoms with van der Waals surface area (Å²) in [7, 11) is 0. The Morgan fingerprint density at radius 1 is 1.40 bits per heavy atom. The van der Waals surface area contributed by atoms with Gasteiger partial charge in [0.15, 0.2) is 4.34 Å². The lowest BCUT2D eigenvalue weighted by Crippen LogP contribution is -2.19. The van der Waals surface area contributed by atoms with Crippen LogP contribution in [0.4, 0.5) is 5.13 Å². The molecule has 2 N–H and O–H groups in total. The van der Waals surface area contributed by atoms with Crippen LogP contribution in [0.2, 0.25) is 5.02 Å². The van der Waals surface area contributed by atoms with Crippen molar-refractivity contribution in [2.24, 2.45) is 0 Å². The largest absolute Gasteiger partial charge is 0.491 e. The zero-order valence-corrected chi connectivity index (χ0v) is 15.9. The second kappa shape index (κ2) is 9.59. The number of rotatable bonds is 9. The van der Waals surface area contributed by atoms with Gasteiger partial charge in [-0.3, -0.25) is 0 Å². The summed E-state index contributed by atoms with van der Waals surface area (Å²) in [6.45, 7) is 1.83. The zero-order chi connectivity index (χ0) is 17.5. The van der Waals surface area contributed by atoms with Crippen LogP contribution >= 0.6 is 34.7 Å². The second-order valence-corrected chi connectivity index (χ2v) is 8.30. The van der Waals surface area contributed by atoms with Crippen LogP contribution in [-0.2, 0) is 4.74 Å². The number of hydrogen-bond acceptors (Lipinski definition) is 8. The van der Waals surface area contributed by atoms with Gasteiger partial charge in [0.25, 0.3) is 0 Å². The Bertz CT molecular complexity index is 650. The molecule has 0 amide bonds. The average Bonchev–Trinajstić information content (AvgIpc) is 3.29. The van der Waals surface area contributed by atoms with Gasteiger partial charge in [-0.15, -0.1) is 10.2 Å². The Hall–Kier alpha value is -1.06. The number of benzene rings is 1. The molecular weight excluding hydrogens is 382 g/mol. The number of nitrogens with zero attached hydrogens (tertiary/aromatic N) is 2. The molecule has 9 heteroatoms. The van der Waals surface area contributed by atoms with Gasteiger partial charge >= 0.3 is 0 Å². The van der Waals surface area contributed by atoms with E-state index >= 15 is 0 Å². The van der Waals surface area contributed by atoms with E-state index in [1.54, 1.807) is 24.3 Å². The highest BCUT2D eigenvalue weighted by Crippen LogP contribution is 2.26. The highest BCUT2D eigenvalue weighted by Gasteiger charge is 2.16. The van der Waals surface area contributed by atoms with E-state index in [2.05, 4.69) is 15.5 Å². The van der Waals surface area contributed by atoms with E-state index in [-0.39, 0.29) is 12.7 Å². The third kappa shape index (κ3) is 6.31. The summed E-state index contributed by atoms with van der Waals surface area (Å²) < 4.78 is 11.9. The van der Waals surface area contributed by atoms with Crippen molar-refractivity contribution in [3.05, 3.63) is 29.3 Å². The van der Waals surface area contributed by atoms with Gasteiger partial charge in [0.2, 0.25) is 5.13 Å². The van der Waals surface area contributed by atoms with Crippen molar-refractivity contribution in [2.75, 3.05) is 30.8 Å². The van der Waals surface area contributed by atoms with E-state index in [0.717, 1.165) is 35.5 Å². The fraction of sp³-hybridized carbons (Fsp3) is 0.500. The molecule has 3 rings (SSSR count). The molecule has 136 valence electrons. The van der Waals surface area contributed by atoms with Gasteiger partial charge in [-0.2, -0.15) is 0 Å². The molecule has 25 heavy (non-hydrogen) atoms. The minimum absolute atomic E-state index is 0.220. The standard InChI is InChI=1S/C16H20ClN3O3S2/c17-11-3-5-13(6-4-11)23-9-12(21)10-24-16-20-19-15(25-16)18-8-14-2-1-7-22-14/h3-6,12,14,21H,1-2,7-10H2,(H,18,19). The molecule has 2 atom stereocenters. The molecule has 1 aliphatic heterocycles. The van der Waals surface area contributed by atoms with Gasteiger partial charge in [-0.05, 0) is 37.1 Å². The summed E-state index contributed by atoms with van der Waals surface area (Å²) in [6.07, 6.45) is 1.90. The molecule has 2 unspecified atom stereocenters. The number of ether oxygens (including phenoxy) is 2. The maximum atomic E-state index is 10.0. The molecule has 0 aliphatic carbocycles. The van der Waals surface area contributed by atoms with Crippen LogP contribution in [0.3, 0.4) is 0 Å². The number of halogens is 1. The summed E-state index contributed by atoms with van der Waals surface area (Å²) in [4.78, 5) is 0. The Labute approximate surface area is 159 Å². The van der Waals surface area contributed by atoms with Crippen molar-refractivity contribution in [3.8, 4) is 5.75 Å². The maximum Gasteiger partial charge on any atom is 0.206 e. The van der Waals surface area contributed by atoms with Crippen molar-refractivity contribution in [2.45, 2.75) is 29.4 Å². The van der Waals surface area contributed by atoms with E-state index in [4.69, 9.17) is 21.1 Å². The van der Waals surface area contributed by atoms with Crippen molar-refractivity contribution < 1.29 is 14.6 Å². The lowest BCUT2D eigenvalue weighted by molar-refractivity contribution is 0.120. The molecule has 1 aromatic carbocycles. The van der Waals surface area contributed by atoms with Gasteiger partial charge in [0, 0.05) is 23.9 Å². The van der Waals surface area contributed by atoms with Crippen LogP contribution < -0.4 is 10.1 Å². The predicted molar refractivity (Wildman–Crippen MR) is 101 cm³/mol. The van der Waals surface area contributed by atoms with E-state index in [1.807, 2.05) is 0 Å². The Morgan fingerprint density at radius 2 is 2.24 bits per heavy atom. The van der Waals surface area contributed by atoms with Crippen molar-refractivity contribution in [3.63, 3.8) is 0 Å². The summed E-state index contributed by atoms with van der Waals surface area (Å²) in [5, 5.41) is 23.0. The summed E-state index contributed by atoms with van der Waals surface area (Å²) in [6, 6.07) is 7.06. The third-order valence-corrected chi connectivity index (χ3v) is 5.98. The maximum absolute atomic E-state index is 10.0. The highest BCUT2D eigenvalue weighted by molar-refractivity contribution is 8.01. The second-order valence-electron chi connectivity index (χ2n) is 5.62. The Morgan fingerprint density at radius 3 is 3.00 bits per heavy atom. The van der Waals surface area contributed by atoms with E-state index in [1.165, 1.54) is 23.1 Å². The number of aromatic nitrogens is 2. The predicted octanol–water partition coefficient (Wildman–Crippen LogP) is 3.31. The minimum Gasteiger partial charge on any atom is -0.491 e. The number of hydrogen-bond donors (Lipinski definition) is 2. The summed E-state index contributed by atoms with van der Waals surface area (Å²) in [5.74, 6) is 1.18. The van der Waals surface area contributed by atoms with Crippen LogP contribution in [-0.4, -0.2) is 53.0 Å². The molecule has 0 radical (unpaired) electrons. The molecule has 6 nitrogen and oxygen atoms in total. The van der Waals surface area contributed by atoms with Crippen molar-refractivity contribution in [1.82, 2.24) is 10.2 Å². The van der Waals surface area contributed by atoms with Gasteiger partial charge in [-0.25, -0.2) is 0 Å². The van der Waals surface area contributed by atoms with Crippen LogP contribution in [0.15, 0.2) is 28.6 Å². The van der Waals surface area contributed by atoms with Crippen LogP contribution in [0.1, 0.15) is 12.8 Å². The van der Waals surface area contributed by atoms with E-state index < -0.39 is 6.10 Å². The van der Waals surface area contributed by atoms with Crippen molar-refractivity contribution >= 4 is 39.8 Å². The summed E-state index contributed by atoms with van der Waals surface area (Å²) in [5.41, 5.74) is 0. The first kappa shape index (κ1) is 18.7. The topological polar surface area (TPSA) is 76.5 Å². The van der Waals surface area contributed by atoms with Gasteiger partial charge in [0.1, 0.15) is 12.4 Å². The quantitative estimate of drug-likeness (QED) is 0.624. The molecule has 1 fully saturated rings. The number of nitrogens with one attached hydrogen (secondary N) is 1. The lowest BCUT2D eigenvalue weighted by Gasteiger charge is -2.11. The lowest BCUT2D eigenvalue weighted by atomic mass is 10.2. The molecule has 1 saturated heterocycles. The van der Waals surface area contributed by atoms with Gasteiger partial charge in [-0.1, -0.05) is 34.7 Å². The Balaban J connectivity index is 1.35. The SMILES string of the molecule is OC(COc1ccc(Cl)cc1)CSc1nnc(NCC2CCCO2)s1. The molecule has 0 bridgehead atoms. The number of thioether (sulfide) groups is 1. The first-order valence-electron chi connectivity index (χ1n) is 8.07. The Kier molecular flexibility index (Phi) is 7.18. The number of aliphatic hydroxyl groups is 1. The molecule has 1 aliphatic rings. The molecular formula is C16H20ClN3O3S2.